The molecule has 146 valence electrons. The van der Waals surface area contributed by atoms with Crippen molar-refractivity contribution in [2.45, 2.75) is 91.6 Å². The van der Waals surface area contributed by atoms with E-state index in [0.29, 0.717) is 22.2 Å². The van der Waals surface area contributed by atoms with Gasteiger partial charge in [0.15, 0.2) is 0 Å². The molecule has 0 bridgehead atoms. The van der Waals surface area contributed by atoms with Crippen LogP contribution < -0.4 is 0 Å². The number of aryl methyl sites for hydroxylation is 1. The van der Waals surface area contributed by atoms with Crippen molar-refractivity contribution in [1.29, 1.82) is 0 Å². The molecule has 1 aromatic heterocycles. The fraction of sp³-hybridized carbons (Fsp3) is 0.833. The third kappa shape index (κ3) is 2.79. The van der Waals surface area contributed by atoms with E-state index in [9.17, 15) is 5.11 Å². The van der Waals surface area contributed by atoms with E-state index < -0.39 is 0 Å². The van der Waals surface area contributed by atoms with Gasteiger partial charge in [0.2, 0.25) is 0 Å². The lowest BCUT2D eigenvalue weighted by Gasteiger charge is -2.66. The first-order valence-electron chi connectivity index (χ1n) is 11.0. The van der Waals surface area contributed by atoms with E-state index in [1.54, 1.807) is 6.26 Å². The van der Waals surface area contributed by atoms with Crippen LogP contribution in [0.5, 0.6) is 0 Å². The number of hydrogen-bond donors (Lipinski definition) is 1. The van der Waals surface area contributed by atoms with Gasteiger partial charge < -0.3 is 9.52 Å². The summed E-state index contributed by atoms with van der Waals surface area (Å²) in [5.74, 6) is 2.05. The van der Waals surface area contributed by atoms with Crippen LogP contribution in [0.1, 0.15) is 84.6 Å². The van der Waals surface area contributed by atoms with Crippen LogP contribution in [0, 0.1) is 34.0 Å². The van der Waals surface area contributed by atoms with E-state index in [2.05, 4.69) is 33.8 Å². The Morgan fingerprint density at radius 3 is 2.54 bits per heavy atom. The first-order valence-corrected chi connectivity index (χ1v) is 11.0. The molecule has 3 fully saturated rings. The molecule has 26 heavy (non-hydrogen) atoms. The highest BCUT2D eigenvalue weighted by molar-refractivity contribution is 5.12. The van der Waals surface area contributed by atoms with Crippen LogP contribution in [-0.4, -0.2) is 11.2 Å². The average molecular weight is 359 g/mol. The van der Waals surface area contributed by atoms with E-state index in [-0.39, 0.29) is 6.10 Å². The summed E-state index contributed by atoms with van der Waals surface area (Å²) >= 11 is 0. The summed E-state index contributed by atoms with van der Waals surface area (Å²) in [6.07, 6.45) is 14.7. The molecule has 0 radical (unpaired) electrons. The van der Waals surface area contributed by atoms with Crippen molar-refractivity contribution in [1.82, 2.24) is 0 Å². The van der Waals surface area contributed by atoms with E-state index in [1.807, 2.05) is 6.26 Å². The van der Waals surface area contributed by atoms with Gasteiger partial charge >= 0.3 is 0 Å². The monoisotopic (exact) mass is 358 g/mol. The maximum absolute atomic E-state index is 11.0. The summed E-state index contributed by atoms with van der Waals surface area (Å²) in [6.45, 7) is 10.2. The van der Waals surface area contributed by atoms with Crippen LogP contribution in [0.15, 0.2) is 23.0 Å². The number of hydrogen-bond acceptors (Lipinski definition) is 2. The zero-order valence-electron chi connectivity index (χ0n) is 17.3. The van der Waals surface area contributed by atoms with Crippen LogP contribution in [-0.2, 0) is 6.42 Å². The number of aliphatic hydroxyl groups excluding tert-OH is 1. The summed E-state index contributed by atoms with van der Waals surface area (Å²) in [4.78, 5) is 0. The molecular weight excluding hydrogens is 320 g/mol. The molecule has 0 aromatic carbocycles. The predicted molar refractivity (Wildman–Crippen MR) is 106 cm³/mol. The minimum Gasteiger partial charge on any atom is -0.472 e. The lowest BCUT2D eigenvalue weighted by Crippen LogP contribution is -2.60. The smallest absolute Gasteiger partial charge is 0.0934 e. The van der Waals surface area contributed by atoms with E-state index in [1.165, 1.54) is 44.1 Å². The Hall–Kier alpha value is -0.760. The van der Waals surface area contributed by atoms with Gasteiger partial charge in [-0.2, -0.15) is 0 Å². The number of furan rings is 1. The van der Waals surface area contributed by atoms with Crippen LogP contribution in [0.2, 0.25) is 0 Å². The minimum absolute atomic E-state index is 0.125. The van der Waals surface area contributed by atoms with Crippen LogP contribution in [0.25, 0.3) is 0 Å². The van der Waals surface area contributed by atoms with Crippen molar-refractivity contribution in [2.24, 2.45) is 34.0 Å². The van der Waals surface area contributed by atoms with Crippen molar-refractivity contribution in [3.05, 3.63) is 24.2 Å². The Morgan fingerprint density at radius 2 is 1.81 bits per heavy atom. The van der Waals surface area contributed by atoms with Gasteiger partial charge in [-0.3, -0.25) is 0 Å². The average Bonchev–Trinajstić information content (AvgIpc) is 3.06. The topological polar surface area (TPSA) is 33.4 Å². The second-order valence-electron chi connectivity index (χ2n) is 10.9. The fourth-order valence-electron chi connectivity index (χ4n) is 8.05. The van der Waals surface area contributed by atoms with Gasteiger partial charge in [0.25, 0.3) is 0 Å². The van der Waals surface area contributed by atoms with Gasteiger partial charge in [-0.15, -0.1) is 0 Å². The number of fused-ring (bicyclic) bond motifs is 3. The molecule has 3 aliphatic carbocycles. The quantitative estimate of drug-likeness (QED) is 0.694. The predicted octanol–water partition coefficient (Wildman–Crippen LogP) is 6.23. The molecule has 6 atom stereocenters. The summed E-state index contributed by atoms with van der Waals surface area (Å²) in [5, 5.41) is 11.0. The van der Waals surface area contributed by atoms with Crippen molar-refractivity contribution >= 4 is 0 Å². The molecular formula is C24H38O2. The van der Waals surface area contributed by atoms with Crippen LogP contribution in [0.4, 0.5) is 0 Å². The Morgan fingerprint density at radius 1 is 1.00 bits per heavy atom. The highest BCUT2D eigenvalue weighted by Gasteiger charge is 2.61. The standard InChI is InChI=1S/C24H38O2/c1-22(2)12-5-13-24(4)20(22)10-14-23(3)18(19(25)8-9-21(23)24)7-6-17-11-15-26-16-17/h11,15-16,18-21,25H,5-10,12-14H2,1-4H3/t18-,19-,20-,21-,23+,24-/m0/s1. The molecule has 1 N–H and O–H groups in total. The second-order valence-corrected chi connectivity index (χ2v) is 10.9. The van der Waals surface area contributed by atoms with Crippen molar-refractivity contribution in [2.75, 3.05) is 0 Å². The highest BCUT2D eigenvalue weighted by Crippen LogP contribution is 2.68. The van der Waals surface area contributed by atoms with Gasteiger partial charge in [0.1, 0.15) is 0 Å². The molecule has 0 amide bonds. The maximum Gasteiger partial charge on any atom is 0.0934 e. The molecule has 2 heteroatoms. The van der Waals surface area contributed by atoms with E-state index >= 15 is 0 Å². The Kier molecular flexibility index (Phi) is 4.58. The first-order chi connectivity index (χ1) is 12.3. The van der Waals surface area contributed by atoms with Gasteiger partial charge in [-0.05, 0) is 97.0 Å². The summed E-state index contributed by atoms with van der Waals surface area (Å²) in [6, 6.07) is 2.08. The molecule has 0 spiro atoms. The van der Waals surface area contributed by atoms with E-state index in [4.69, 9.17) is 4.42 Å². The zero-order chi connectivity index (χ0) is 18.6. The second kappa shape index (κ2) is 6.40. The SMILES string of the molecule is CC1(C)CCC[C@]2(C)[C@H]3CC[C@H](O)[C@H](CCc4ccoc4)[C@@]3(C)CC[C@@H]12. The molecule has 3 saturated carbocycles. The lowest BCUT2D eigenvalue weighted by molar-refractivity contribution is -0.186. The third-order valence-corrected chi connectivity index (χ3v) is 9.23. The van der Waals surface area contributed by atoms with Crippen molar-refractivity contribution in [3.8, 4) is 0 Å². The van der Waals surface area contributed by atoms with Gasteiger partial charge in [0, 0.05) is 0 Å². The maximum atomic E-state index is 11.0. The molecule has 1 heterocycles. The van der Waals surface area contributed by atoms with Crippen molar-refractivity contribution in [3.63, 3.8) is 0 Å². The number of rotatable bonds is 3. The summed E-state index contributed by atoms with van der Waals surface area (Å²) in [5.41, 5.74) is 2.51. The molecule has 0 aliphatic heterocycles. The van der Waals surface area contributed by atoms with Crippen LogP contribution >= 0.6 is 0 Å². The number of aliphatic hydroxyl groups is 1. The van der Waals surface area contributed by atoms with Gasteiger partial charge in [0.05, 0.1) is 18.6 Å². The summed E-state index contributed by atoms with van der Waals surface area (Å²) < 4.78 is 5.26. The highest BCUT2D eigenvalue weighted by atomic mass is 16.3. The minimum atomic E-state index is -0.125. The van der Waals surface area contributed by atoms with E-state index in [0.717, 1.165) is 31.1 Å². The molecule has 1 aromatic rings. The van der Waals surface area contributed by atoms with Crippen molar-refractivity contribution < 1.29 is 9.52 Å². The third-order valence-electron chi connectivity index (χ3n) is 9.23. The molecule has 4 rings (SSSR count). The molecule has 0 saturated heterocycles. The first kappa shape index (κ1) is 18.6. The Labute approximate surface area is 159 Å². The molecule has 3 aliphatic rings. The Bertz CT molecular complexity index is 618. The molecule has 0 unspecified atom stereocenters. The Balaban J connectivity index is 1.61. The zero-order valence-corrected chi connectivity index (χ0v) is 17.3. The largest absolute Gasteiger partial charge is 0.472 e. The lowest BCUT2D eigenvalue weighted by atomic mass is 9.39. The van der Waals surface area contributed by atoms with Gasteiger partial charge in [-0.1, -0.05) is 34.1 Å². The molecule has 2 nitrogen and oxygen atoms in total. The fourth-order valence-corrected chi connectivity index (χ4v) is 8.05. The summed E-state index contributed by atoms with van der Waals surface area (Å²) in [7, 11) is 0. The van der Waals surface area contributed by atoms with Gasteiger partial charge in [-0.25, -0.2) is 0 Å². The normalized spacial score (nSPS) is 45.0. The van der Waals surface area contributed by atoms with Crippen LogP contribution in [0.3, 0.4) is 0 Å².